The van der Waals surface area contributed by atoms with Gasteiger partial charge in [-0.2, -0.15) is 0 Å². The van der Waals surface area contributed by atoms with Gasteiger partial charge in [0.25, 0.3) is 5.91 Å². The number of carbonyl (C=O) groups is 2. The molecule has 6 nitrogen and oxygen atoms in total. The molecule has 0 bridgehead atoms. The first-order valence-corrected chi connectivity index (χ1v) is 5.20. The van der Waals surface area contributed by atoms with Gasteiger partial charge in [-0.3, -0.25) is 14.6 Å². The number of carbonyl (C=O) groups excluding carboxylic acids is 2. The van der Waals surface area contributed by atoms with E-state index in [1.165, 1.54) is 12.4 Å². The molecule has 0 aromatic carbocycles. The molecule has 0 aliphatic carbocycles. The lowest BCUT2D eigenvalue weighted by atomic mass is 9.92. The molecule has 2 heterocycles. The van der Waals surface area contributed by atoms with Gasteiger partial charge >= 0.3 is 0 Å². The number of aromatic nitrogens is 1. The summed E-state index contributed by atoms with van der Waals surface area (Å²) < 4.78 is 5.04. The quantitative estimate of drug-likeness (QED) is 0.732. The number of rotatable bonds is 4. The van der Waals surface area contributed by atoms with Crippen molar-refractivity contribution in [3.63, 3.8) is 0 Å². The van der Waals surface area contributed by atoms with Crippen molar-refractivity contribution in [2.45, 2.75) is 12.0 Å². The summed E-state index contributed by atoms with van der Waals surface area (Å²) in [6, 6.07) is 3.21. The second-order valence-electron chi connectivity index (χ2n) is 4.11. The summed E-state index contributed by atoms with van der Waals surface area (Å²) in [7, 11) is 0. The second kappa shape index (κ2) is 4.50. The van der Waals surface area contributed by atoms with Crippen LogP contribution in [0.5, 0.6) is 0 Å². The van der Waals surface area contributed by atoms with Crippen LogP contribution >= 0.6 is 0 Å². The number of nitrogens with zero attached hydrogens (tertiary/aromatic N) is 1. The predicted molar refractivity (Wildman–Crippen MR) is 59.1 cm³/mol. The first-order valence-electron chi connectivity index (χ1n) is 5.20. The largest absolute Gasteiger partial charge is 0.376 e. The van der Waals surface area contributed by atoms with Crippen LogP contribution in [-0.2, 0) is 9.53 Å². The fourth-order valence-corrected chi connectivity index (χ4v) is 1.72. The van der Waals surface area contributed by atoms with Crippen molar-refractivity contribution in [3.8, 4) is 0 Å². The molecule has 1 aliphatic rings. The maximum absolute atomic E-state index is 11.9. The van der Waals surface area contributed by atoms with E-state index in [-0.39, 0.29) is 12.3 Å². The van der Waals surface area contributed by atoms with Gasteiger partial charge in [0.1, 0.15) is 0 Å². The van der Waals surface area contributed by atoms with Gasteiger partial charge in [-0.25, -0.2) is 0 Å². The minimum absolute atomic E-state index is 0.0871. The van der Waals surface area contributed by atoms with Gasteiger partial charge in [-0.05, 0) is 12.1 Å². The molecule has 6 heteroatoms. The number of nitrogens with one attached hydrogen (secondary N) is 1. The van der Waals surface area contributed by atoms with Crippen LogP contribution in [0.4, 0.5) is 0 Å². The number of hydrogen-bond donors (Lipinski definition) is 2. The van der Waals surface area contributed by atoms with E-state index in [1.54, 1.807) is 12.1 Å². The van der Waals surface area contributed by atoms with Crippen LogP contribution in [0.2, 0.25) is 0 Å². The van der Waals surface area contributed by atoms with Crippen molar-refractivity contribution in [3.05, 3.63) is 30.1 Å². The lowest BCUT2D eigenvalue weighted by molar-refractivity contribution is -0.127. The van der Waals surface area contributed by atoms with Crippen LogP contribution in [0, 0.1) is 0 Å². The monoisotopic (exact) mass is 235 g/mol. The minimum Gasteiger partial charge on any atom is -0.376 e. The maximum Gasteiger partial charge on any atom is 0.251 e. The number of primary amides is 1. The first-order chi connectivity index (χ1) is 8.11. The third-order valence-corrected chi connectivity index (χ3v) is 2.59. The summed E-state index contributed by atoms with van der Waals surface area (Å²) in [5, 5.41) is 2.78. The van der Waals surface area contributed by atoms with Crippen LogP contribution in [0.25, 0.3) is 0 Å². The van der Waals surface area contributed by atoms with E-state index in [4.69, 9.17) is 10.5 Å². The Morgan fingerprint density at radius 2 is 2.06 bits per heavy atom. The SMILES string of the molecule is NC(=O)CC1(NC(=O)c2ccncc2)COC1. The Bertz CT molecular complexity index is 429. The van der Waals surface area contributed by atoms with Crippen LogP contribution in [0.1, 0.15) is 16.8 Å². The molecule has 3 N–H and O–H groups in total. The highest BCUT2D eigenvalue weighted by Crippen LogP contribution is 2.21. The van der Waals surface area contributed by atoms with Crippen LogP contribution in [0.15, 0.2) is 24.5 Å². The number of amides is 2. The lowest BCUT2D eigenvalue weighted by Crippen LogP contribution is -2.63. The molecule has 0 atom stereocenters. The van der Waals surface area contributed by atoms with Gasteiger partial charge in [-0.15, -0.1) is 0 Å². The van der Waals surface area contributed by atoms with Gasteiger partial charge in [0, 0.05) is 18.0 Å². The van der Waals surface area contributed by atoms with Crippen molar-refractivity contribution in [1.82, 2.24) is 10.3 Å². The summed E-state index contributed by atoms with van der Waals surface area (Å²) >= 11 is 0. The molecule has 2 rings (SSSR count). The van der Waals surface area contributed by atoms with Crippen LogP contribution < -0.4 is 11.1 Å². The Hall–Kier alpha value is -1.95. The topological polar surface area (TPSA) is 94.3 Å². The number of ether oxygens (including phenoxy) is 1. The van der Waals surface area contributed by atoms with Crippen molar-refractivity contribution in [2.24, 2.45) is 5.73 Å². The summed E-state index contributed by atoms with van der Waals surface area (Å²) in [5.74, 6) is -0.708. The fraction of sp³-hybridized carbons (Fsp3) is 0.364. The van der Waals surface area contributed by atoms with Gasteiger partial charge < -0.3 is 15.8 Å². The molecule has 1 saturated heterocycles. The van der Waals surface area contributed by atoms with Gasteiger partial charge in [-0.1, -0.05) is 0 Å². The summed E-state index contributed by atoms with van der Waals surface area (Å²) in [6.45, 7) is 0.625. The van der Waals surface area contributed by atoms with E-state index in [1.807, 2.05) is 0 Å². The standard InChI is InChI=1S/C11H13N3O3/c12-9(15)5-11(6-17-7-11)14-10(16)8-1-3-13-4-2-8/h1-4H,5-7H2,(H2,12,15)(H,14,16). The zero-order chi connectivity index (χ0) is 12.3. The fourth-order valence-electron chi connectivity index (χ4n) is 1.72. The molecule has 0 saturated carbocycles. The number of pyridine rings is 1. The maximum atomic E-state index is 11.9. The smallest absolute Gasteiger partial charge is 0.251 e. The number of hydrogen-bond acceptors (Lipinski definition) is 4. The molecule has 1 aliphatic heterocycles. The zero-order valence-electron chi connectivity index (χ0n) is 9.18. The predicted octanol–water partition coefficient (Wildman–Crippen LogP) is -0.544. The van der Waals surface area contributed by atoms with Crippen molar-refractivity contribution >= 4 is 11.8 Å². The average Bonchev–Trinajstić information content (AvgIpc) is 2.26. The Balaban J connectivity index is 2.05. The van der Waals surface area contributed by atoms with E-state index >= 15 is 0 Å². The van der Waals surface area contributed by atoms with E-state index in [0.29, 0.717) is 18.8 Å². The van der Waals surface area contributed by atoms with Crippen molar-refractivity contribution < 1.29 is 14.3 Å². The molecule has 90 valence electrons. The molecule has 0 spiro atoms. The van der Waals surface area contributed by atoms with Gasteiger partial charge in [0.2, 0.25) is 5.91 Å². The molecule has 2 amide bonds. The molecule has 1 fully saturated rings. The third kappa shape index (κ3) is 2.59. The van der Waals surface area contributed by atoms with E-state index in [0.717, 1.165) is 0 Å². The summed E-state index contributed by atoms with van der Waals surface area (Å²) in [4.78, 5) is 26.6. The molecule has 17 heavy (non-hydrogen) atoms. The Kier molecular flexibility index (Phi) is 3.06. The summed E-state index contributed by atoms with van der Waals surface area (Å²) in [5.41, 5.74) is 5.00. The minimum atomic E-state index is -0.647. The highest BCUT2D eigenvalue weighted by molar-refractivity contribution is 5.95. The molecule has 0 radical (unpaired) electrons. The van der Waals surface area contributed by atoms with Crippen LogP contribution in [0.3, 0.4) is 0 Å². The van der Waals surface area contributed by atoms with Gasteiger partial charge in [0.05, 0.1) is 25.2 Å². The molecule has 1 aromatic heterocycles. The van der Waals surface area contributed by atoms with Gasteiger partial charge in [0.15, 0.2) is 0 Å². The first kappa shape index (κ1) is 11.5. The Labute approximate surface area is 98.2 Å². The molecular formula is C11H13N3O3. The summed E-state index contributed by atoms with van der Waals surface area (Å²) in [6.07, 6.45) is 3.16. The molecular weight excluding hydrogens is 222 g/mol. The van der Waals surface area contributed by atoms with Crippen molar-refractivity contribution in [1.29, 1.82) is 0 Å². The van der Waals surface area contributed by atoms with E-state index in [9.17, 15) is 9.59 Å². The highest BCUT2D eigenvalue weighted by Gasteiger charge is 2.41. The Morgan fingerprint density at radius 3 is 2.53 bits per heavy atom. The molecule has 0 unspecified atom stereocenters. The average molecular weight is 235 g/mol. The number of nitrogens with two attached hydrogens (primary N) is 1. The lowest BCUT2D eigenvalue weighted by Gasteiger charge is -2.41. The van der Waals surface area contributed by atoms with E-state index < -0.39 is 11.4 Å². The third-order valence-electron chi connectivity index (χ3n) is 2.59. The normalized spacial score (nSPS) is 16.9. The van der Waals surface area contributed by atoms with E-state index in [2.05, 4.69) is 10.3 Å². The zero-order valence-corrected chi connectivity index (χ0v) is 9.18. The van der Waals surface area contributed by atoms with Crippen LogP contribution in [-0.4, -0.2) is 35.6 Å². The van der Waals surface area contributed by atoms with Crippen molar-refractivity contribution in [2.75, 3.05) is 13.2 Å². The molecule has 1 aromatic rings. The highest BCUT2D eigenvalue weighted by atomic mass is 16.5. The Morgan fingerprint density at radius 1 is 1.41 bits per heavy atom. The second-order valence-corrected chi connectivity index (χ2v) is 4.11.